The highest BCUT2D eigenvalue weighted by atomic mass is 16.1. The first kappa shape index (κ1) is 10.4. The van der Waals surface area contributed by atoms with E-state index < -0.39 is 0 Å². The van der Waals surface area contributed by atoms with E-state index in [0.717, 1.165) is 5.71 Å². The molecule has 1 fully saturated rings. The first-order valence-corrected chi connectivity index (χ1v) is 5.31. The average molecular weight is 181 g/mol. The maximum absolute atomic E-state index is 11.3. The lowest BCUT2D eigenvalue weighted by Crippen LogP contribution is -2.16. The van der Waals surface area contributed by atoms with Crippen molar-refractivity contribution in [1.29, 1.82) is 0 Å². The molecule has 1 aliphatic carbocycles. The molecule has 0 aromatic carbocycles. The Morgan fingerprint density at radius 1 is 1.31 bits per heavy atom. The van der Waals surface area contributed by atoms with E-state index in [1.807, 2.05) is 13.8 Å². The molecule has 1 rings (SSSR count). The molecule has 0 N–H and O–H groups in total. The third kappa shape index (κ3) is 3.29. The zero-order chi connectivity index (χ0) is 9.68. The van der Waals surface area contributed by atoms with Gasteiger partial charge < -0.3 is 0 Å². The summed E-state index contributed by atoms with van der Waals surface area (Å²) >= 11 is 0. The molecule has 0 aliphatic heterocycles. The number of carbonyl (C=O) groups is 1. The predicted octanol–water partition coefficient (Wildman–Crippen LogP) is 2.76. The highest BCUT2D eigenvalue weighted by molar-refractivity contribution is 6.38. The third-order valence-corrected chi connectivity index (χ3v) is 2.68. The van der Waals surface area contributed by atoms with Crippen LogP contribution < -0.4 is 0 Å². The highest BCUT2D eigenvalue weighted by Gasteiger charge is 2.13. The number of ketones is 1. The number of hydrogen-bond donors (Lipinski definition) is 0. The minimum Gasteiger partial charge on any atom is -0.293 e. The van der Waals surface area contributed by atoms with Crippen molar-refractivity contribution in [2.75, 3.05) is 0 Å². The van der Waals surface area contributed by atoms with Crippen LogP contribution in [0.5, 0.6) is 0 Å². The van der Waals surface area contributed by atoms with Gasteiger partial charge in [0.1, 0.15) is 0 Å². The maximum atomic E-state index is 11.3. The number of rotatable bonds is 3. The fourth-order valence-electron chi connectivity index (χ4n) is 1.81. The second-order valence-corrected chi connectivity index (χ2v) is 3.78. The summed E-state index contributed by atoms with van der Waals surface area (Å²) in [6.45, 7) is 3.74. The monoisotopic (exact) mass is 181 g/mol. The number of carbonyl (C=O) groups excluding carboxylic acids is 1. The lowest BCUT2D eigenvalue weighted by molar-refractivity contribution is -0.112. The van der Waals surface area contributed by atoms with Crippen molar-refractivity contribution in [1.82, 2.24) is 0 Å². The standard InChI is InChI=1S/C11H19NO/c1-3-11(13)9(2)12-10-7-5-4-6-8-10/h10H,3-8H2,1-2H3. The molecule has 0 unspecified atom stereocenters. The summed E-state index contributed by atoms with van der Waals surface area (Å²) in [6.07, 6.45) is 6.83. The quantitative estimate of drug-likeness (QED) is 0.615. The van der Waals surface area contributed by atoms with Crippen LogP contribution in [0.4, 0.5) is 0 Å². The summed E-state index contributed by atoms with van der Waals surface area (Å²) in [5.41, 5.74) is 0.731. The van der Waals surface area contributed by atoms with Gasteiger partial charge in [-0.1, -0.05) is 26.2 Å². The molecule has 2 heteroatoms. The van der Waals surface area contributed by atoms with E-state index in [2.05, 4.69) is 4.99 Å². The smallest absolute Gasteiger partial charge is 0.176 e. The minimum absolute atomic E-state index is 0.200. The first-order valence-electron chi connectivity index (χ1n) is 5.31. The van der Waals surface area contributed by atoms with Gasteiger partial charge in [0.25, 0.3) is 0 Å². The number of hydrogen-bond acceptors (Lipinski definition) is 2. The van der Waals surface area contributed by atoms with Crippen LogP contribution in [0.1, 0.15) is 52.4 Å². The SMILES string of the molecule is CCC(=O)C(C)=NC1CCCCC1. The van der Waals surface area contributed by atoms with Gasteiger partial charge in [-0.05, 0) is 19.8 Å². The average Bonchev–Trinajstić information content (AvgIpc) is 2.18. The van der Waals surface area contributed by atoms with Crippen LogP contribution in [0.2, 0.25) is 0 Å². The van der Waals surface area contributed by atoms with Gasteiger partial charge in [0.2, 0.25) is 0 Å². The third-order valence-electron chi connectivity index (χ3n) is 2.68. The summed E-state index contributed by atoms with van der Waals surface area (Å²) < 4.78 is 0. The zero-order valence-corrected chi connectivity index (χ0v) is 8.68. The van der Waals surface area contributed by atoms with Crippen LogP contribution in [-0.4, -0.2) is 17.5 Å². The molecule has 0 aromatic heterocycles. The van der Waals surface area contributed by atoms with E-state index in [1.54, 1.807) is 0 Å². The molecule has 0 atom stereocenters. The van der Waals surface area contributed by atoms with Gasteiger partial charge in [-0.25, -0.2) is 0 Å². The van der Waals surface area contributed by atoms with Crippen molar-refractivity contribution in [3.63, 3.8) is 0 Å². The van der Waals surface area contributed by atoms with Crippen LogP contribution >= 0.6 is 0 Å². The summed E-state index contributed by atoms with van der Waals surface area (Å²) in [6, 6.07) is 0.434. The van der Waals surface area contributed by atoms with Gasteiger partial charge in [-0.15, -0.1) is 0 Å². The Morgan fingerprint density at radius 3 is 2.46 bits per heavy atom. The van der Waals surface area contributed by atoms with Gasteiger partial charge in [-0.3, -0.25) is 9.79 Å². The molecular formula is C11H19NO. The van der Waals surface area contributed by atoms with Crippen molar-refractivity contribution in [2.45, 2.75) is 58.4 Å². The fraction of sp³-hybridized carbons (Fsp3) is 0.818. The van der Waals surface area contributed by atoms with Gasteiger partial charge >= 0.3 is 0 Å². The van der Waals surface area contributed by atoms with Crippen LogP contribution in [-0.2, 0) is 4.79 Å². The molecular weight excluding hydrogens is 162 g/mol. The lowest BCUT2D eigenvalue weighted by atomic mass is 9.96. The summed E-state index contributed by atoms with van der Waals surface area (Å²) in [7, 11) is 0. The summed E-state index contributed by atoms with van der Waals surface area (Å²) in [4.78, 5) is 15.7. The molecule has 0 bridgehead atoms. The van der Waals surface area contributed by atoms with Crippen molar-refractivity contribution >= 4 is 11.5 Å². The van der Waals surface area contributed by atoms with E-state index in [9.17, 15) is 4.79 Å². The van der Waals surface area contributed by atoms with Gasteiger partial charge in [0, 0.05) is 6.42 Å². The van der Waals surface area contributed by atoms with E-state index in [4.69, 9.17) is 0 Å². The molecule has 0 radical (unpaired) electrons. The lowest BCUT2D eigenvalue weighted by Gasteiger charge is -2.18. The molecule has 0 amide bonds. The number of Topliss-reactive ketones (excluding diaryl/α,β-unsaturated/α-hetero) is 1. The van der Waals surface area contributed by atoms with E-state index in [1.165, 1.54) is 32.1 Å². The second-order valence-electron chi connectivity index (χ2n) is 3.78. The molecule has 74 valence electrons. The molecule has 2 nitrogen and oxygen atoms in total. The van der Waals surface area contributed by atoms with Crippen LogP contribution in [0.25, 0.3) is 0 Å². The van der Waals surface area contributed by atoms with E-state index >= 15 is 0 Å². The highest BCUT2D eigenvalue weighted by Crippen LogP contribution is 2.20. The normalized spacial score (nSPS) is 20.3. The van der Waals surface area contributed by atoms with Crippen LogP contribution in [0.15, 0.2) is 4.99 Å². The van der Waals surface area contributed by atoms with Gasteiger partial charge in [0.05, 0.1) is 11.8 Å². The Bertz CT molecular complexity index is 202. The van der Waals surface area contributed by atoms with Crippen molar-refractivity contribution in [2.24, 2.45) is 4.99 Å². The predicted molar refractivity (Wildman–Crippen MR) is 55.3 cm³/mol. The Hall–Kier alpha value is -0.660. The zero-order valence-electron chi connectivity index (χ0n) is 8.68. The largest absolute Gasteiger partial charge is 0.293 e. The maximum Gasteiger partial charge on any atom is 0.176 e. The van der Waals surface area contributed by atoms with E-state index in [0.29, 0.717) is 12.5 Å². The van der Waals surface area contributed by atoms with Crippen molar-refractivity contribution in [3.8, 4) is 0 Å². The number of nitrogens with zero attached hydrogens (tertiary/aromatic N) is 1. The summed E-state index contributed by atoms with van der Waals surface area (Å²) in [5, 5.41) is 0. The molecule has 0 aromatic rings. The molecule has 13 heavy (non-hydrogen) atoms. The fourth-order valence-corrected chi connectivity index (χ4v) is 1.81. The van der Waals surface area contributed by atoms with E-state index in [-0.39, 0.29) is 5.78 Å². The van der Waals surface area contributed by atoms with Crippen LogP contribution in [0, 0.1) is 0 Å². The second kappa shape index (κ2) is 5.15. The number of aliphatic imine (C=N–C) groups is 1. The molecule has 0 spiro atoms. The minimum atomic E-state index is 0.200. The first-order chi connectivity index (χ1) is 6.24. The Labute approximate surface area is 80.4 Å². The Morgan fingerprint density at radius 2 is 1.92 bits per heavy atom. The van der Waals surface area contributed by atoms with Crippen LogP contribution in [0.3, 0.4) is 0 Å². The van der Waals surface area contributed by atoms with Crippen molar-refractivity contribution in [3.05, 3.63) is 0 Å². The Balaban J connectivity index is 2.47. The molecule has 0 heterocycles. The topological polar surface area (TPSA) is 29.4 Å². The molecule has 1 aliphatic rings. The van der Waals surface area contributed by atoms with Crippen molar-refractivity contribution < 1.29 is 4.79 Å². The molecule has 1 saturated carbocycles. The van der Waals surface area contributed by atoms with Gasteiger partial charge in [0.15, 0.2) is 5.78 Å². The Kier molecular flexibility index (Phi) is 4.13. The van der Waals surface area contributed by atoms with Gasteiger partial charge in [-0.2, -0.15) is 0 Å². The summed E-state index contributed by atoms with van der Waals surface area (Å²) in [5.74, 6) is 0.200. The molecule has 0 saturated heterocycles.